The van der Waals surface area contributed by atoms with Crippen molar-refractivity contribution in [3.63, 3.8) is 0 Å². The molecule has 0 spiro atoms. The van der Waals surface area contributed by atoms with Crippen molar-refractivity contribution in [2.24, 2.45) is 0 Å². The van der Waals surface area contributed by atoms with Crippen LogP contribution in [0.1, 0.15) is 24.0 Å². The van der Waals surface area contributed by atoms with Crippen LogP contribution in [0.3, 0.4) is 0 Å². The summed E-state index contributed by atoms with van der Waals surface area (Å²) in [5.41, 5.74) is 4.61. The molecule has 0 aliphatic heterocycles. The minimum atomic E-state index is -1.05. The van der Waals surface area contributed by atoms with Gasteiger partial charge in [-0.25, -0.2) is 9.59 Å². The van der Waals surface area contributed by atoms with E-state index in [2.05, 4.69) is 22.8 Å². The molecule has 1 atom stereocenters. The van der Waals surface area contributed by atoms with Crippen LogP contribution < -0.4 is 10.6 Å². The standard InChI is InChI=1S/C25H29N3O5/c1-16(24(30)31)12-13-26-23(29)22(14-28(2)3)27-25(32)33-15-21-19-10-6-4-8-17(19)18-9-5-7-11-20(18)21/h4-12,21-22H,13-15H2,1-3H3,(H,26,29)(H,27,32)(H,30,31)/b16-12-. The van der Waals surface area contributed by atoms with Crippen LogP contribution in [0, 0.1) is 0 Å². The fraction of sp³-hybridized carbons (Fsp3) is 0.320. The molecular weight excluding hydrogens is 422 g/mol. The summed E-state index contributed by atoms with van der Waals surface area (Å²) >= 11 is 0. The van der Waals surface area contributed by atoms with Gasteiger partial charge in [0.2, 0.25) is 5.91 Å². The van der Waals surface area contributed by atoms with Crippen molar-refractivity contribution in [2.75, 3.05) is 33.8 Å². The van der Waals surface area contributed by atoms with Gasteiger partial charge in [0.05, 0.1) is 0 Å². The molecule has 0 aromatic heterocycles. The van der Waals surface area contributed by atoms with Gasteiger partial charge in [-0.3, -0.25) is 4.79 Å². The van der Waals surface area contributed by atoms with Crippen LogP contribution in [-0.4, -0.2) is 67.8 Å². The number of likely N-dealkylation sites (N-methyl/N-ethyl adjacent to an activating group) is 1. The molecule has 0 bridgehead atoms. The molecule has 3 rings (SSSR count). The molecule has 2 aromatic carbocycles. The Morgan fingerprint density at radius 3 is 2.18 bits per heavy atom. The number of hydrogen-bond acceptors (Lipinski definition) is 5. The summed E-state index contributed by atoms with van der Waals surface area (Å²) in [5.74, 6) is -1.55. The van der Waals surface area contributed by atoms with E-state index in [1.165, 1.54) is 13.0 Å². The van der Waals surface area contributed by atoms with Gasteiger partial charge in [0.25, 0.3) is 0 Å². The largest absolute Gasteiger partial charge is 0.478 e. The zero-order valence-corrected chi connectivity index (χ0v) is 19.0. The van der Waals surface area contributed by atoms with Gasteiger partial charge in [0, 0.05) is 24.6 Å². The first-order valence-electron chi connectivity index (χ1n) is 10.7. The van der Waals surface area contributed by atoms with E-state index < -0.39 is 24.0 Å². The van der Waals surface area contributed by atoms with Crippen molar-refractivity contribution in [1.29, 1.82) is 0 Å². The van der Waals surface area contributed by atoms with Gasteiger partial charge in [0.15, 0.2) is 0 Å². The summed E-state index contributed by atoms with van der Waals surface area (Å²) in [4.78, 5) is 37.8. The maximum absolute atomic E-state index is 12.6. The average Bonchev–Trinajstić information content (AvgIpc) is 3.10. The molecule has 3 N–H and O–H groups in total. The van der Waals surface area contributed by atoms with Crippen molar-refractivity contribution in [1.82, 2.24) is 15.5 Å². The number of rotatable bonds is 9. The van der Waals surface area contributed by atoms with E-state index in [-0.39, 0.29) is 31.2 Å². The van der Waals surface area contributed by atoms with Gasteiger partial charge in [-0.05, 0) is 43.3 Å². The van der Waals surface area contributed by atoms with E-state index in [0.29, 0.717) is 0 Å². The molecule has 33 heavy (non-hydrogen) atoms. The van der Waals surface area contributed by atoms with Gasteiger partial charge in [0.1, 0.15) is 12.6 Å². The molecule has 0 radical (unpaired) electrons. The van der Waals surface area contributed by atoms with E-state index >= 15 is 0 Å². The predicted octanol–water partition coefficient (Wildman–Crippen LogP) is 2.60. The summed E-state index contributed by atoms with van der Waals surface area (Å²) in [6.07, 6.45) is 0.719. The average molecular weight is 452 g/mol. The summed E-state index contributed by atoms with van der Waals surface area (Å²) in [5, 5.41) is 14.2. The third kappa shape index (κ3) is 5.98. The molecule has 2 aromatic rings. The number of amides is 2. The number of benzene rings is 2. The second-order valence-corrected chi connectivity index (χ2v) is 8.22. The number of carbonyl (C=O) groups is 3. The molecule has 1 unspecified atom stereocenters. The van der Waals surface area contributed by atoms with Crippen molar-refractivity contribution in [3.8, 4) is 11.1 Å². The number of alkyl carbamates (subject to hydrolysis) is 1. The Bertz CT molecular complexity index is 1020. The lowest BCUT2D eigenvalue weighted by Crippen LogP contribution is -2.51. The Labute approximate surface area is 193 Å². The van der Waals surface area contributed by atoms with Crippen LogP contribution in [0.15, 0.2) is 60.2 Å². The monoisotopic (exact) mass is 451 g/mol. The zero-order valence-electron chi connectivity index (χ0n) is 19.0. The molecule has 2 amide bonds. The summed E-state index contributed by atoms with van der Waals surface area (Å²) in [6.45, 7) is 1.91. The number of carboxylic acids is 1. The molecule has 0 saturated carbocycles. The Kier molecular flexibility index (Phi) is 7.84. The highest BCUT2D eigenvalue weighted by molar-refractivity contribution is 5.87. The Morgan fingerprint density at radius 1 is 1.06 bits per heavy atom. The van der Waals surface area contributed by atoms with Gasteiger partial charge < -0.3 is 25.4 Å². The van der Waals surface area contributed by atoms with E-state index in [1.54, 1.807) is 19.0 Å². The molecule has 174 valence electrons. The van der Waals surface area contributed by atoms with Crippen molar-refractivity contribution in [3.05, 3.63) is 71.3 Å². The second-order valence-electron chi connectivity index (χ2n) is 8.22. The Balaban J connectivity index is 1.62. The first kappa shape index (κ1) is 24.0. The van der Waals surface area contributed by atoms with Crippen LogP contribution in [0.2, 0.25) is 0 Å². The van der Waals surface area contributed by atoms with Crippen molar-refractivity contribution >= 4 is 18.0 Å². The number of nitrogens with zero attached hydrogens (tertiary/aromatic N) is 1. The Hall–Kier alpha value is -3.65. The maximum atomic E-state index is 12.6. The molecule has 0 fully saturated rings. The fourth-order valence-corrected chi connectivity index (χ4v) is 3.86. The van der Waals surface area contributed by atoms with Crippen LogP contribution >= 0.6 is 0 Å². The molecule has 1 aliphatic carbocycles. The highest BCUT2D eigenvalue weighted by atomic mass is 16.5. The van der Waals surface area contributed by atoms with E-state index in [9.17, 15) is 14.4 Å². The third-order valence-electron chi connectivity index (χ3n) is 5.52. The fourth-order valence-electron chi connectivity index (χ4n) is 3.86. The first-order chi connectivity index (χ1) is 15.8. The SMILES string of the molecule is C/C(=C/CNC(=O)C(CN(C)C)NC(=O)OCC1c2ccccc2-c2ccccc21)C(=O)O. The van der Waals surface area contributed by atoms with Gasteiger partial charge >= 0.3 is 12.1 Å². The first-order valence-corrected chi connectivity index (χ1v) is 10.7. The molecular formula is C25H29N3O5. The minimum absolute atomic E-state index is 0.0489. The molecule has 0 heterocycles. The van der Waals surface area contributed by atoms with E-state index in [0.717, 1.165) is 22.3 Å². The van der Waals surface area contributed by atoms with Crippen molar-refractivity contribution < 1.29 is 24.2 Å². The smallest absolute Gasteiger partial charge is 0.407 e. The molecule has 0 saturated heterocycles. The van der Waals surface area contributed by atoms with E-state index in [4.69, 9.17) is 9.84 Å². The highest BCUT2D eigenvalue weighted by Gasteiger charge is 2.29. The summed E-state index contributed by atoms with van der Waals surface area (Å²) in [6, 6.07) is 15.3. The van der Waals surface area contributed by atoms with Gasteiger partial charge in [-0.2, -0.15) is 0 Å². The number of carbonyl (C=O) groups excluding carboxylic acids is 2. The third-order valence-corrected chi connectivity index (χ3v) is 5.52. The quantitative estimate of drug-likeness (QED) is 0.506. The lowest BCUT2D eigenvalue weighted by Gasteiger charge is -2.22. The Morgan fingerprint density at radius 2 is 1.64 bits per heavy atom. The zero-order chi connectivity index (χ0) is 24.0. The van der Waals surface area contributed by atoms with Crippen molar-refractivity contribution in [2.45, 2.75) is 18.9 Å². The van der Waals surface area contributed by atoms with Crippen LogP contribution in [0.5, 0.6) is 0 Å². The topological polar surface area (TPSA) is 108 Å². The van der Waals surface area contributed by atoms with Crippen LogP contribution in [0.4, 0.5) is 4.79 Å². The van der Waals surface area contributed by atoms with Crippen LogP contribution in [-0.2, 0) is 14.3 Å². The molecule has 8 heteroatoms. The number of hydrogen-bond donors (Lipinski definition) is 3. The normalized spacial score (nSPS) is 13.8. The number of fused-ring (bicyclic) bond motifs is 3. The minimum Gasteiger partial charge on any atom is -0.478 e. The predicted molar refractivity (Wildman–Crippen MR) is 125 cm³/mol. The number of ether oxygens (including phenoxy) is 1. The summed E-state index contributed by atoms with van der Waals surface area (Å²) < 4.78 is 5.54. The van der Waals surface area contributed by atoms with E-state index in [1.807, 2.05) is 36.4 Å². The number of carboxylic acid groups (broad SMARTS) is 1. The lowest BCUT2D eigenvalue weighted by molar-refractivity contribution is -0.132. The maximum Gasteiger partial charge on any atom is 0.407 e. The number of nitrogens with one attached hydrogen (secondary N) is 2. The van der Waals surface area contributed by atoms with Gasteiger partial charge in [-0.1, -0.05) is 54.6 Å². The molecule has 1 aliphatic rings. The molecule has 8 nitrogen and oxygen atoms in total. The summed E-state index contributed by atoms with van der Waals surface area (Å²) in [7, 11) is 3.57. The van der Waals surface area contributed by atoms with Gasteiger partial charge in [-0.15, -0.1) is 0 Å². The lowest BCUT2D eigenvalue weighted by atomic mass is 9.98. The van der Waals surface area contributed by atoms with Crippen LogP contribution in [0.25, 0.3) is 11.1 Å². The second kappa shape index (κ2) is 10.8. The highest BCUT2D eigenvalue weighted by Crippen LogP contribution is 2.44. The number of aliphatic carboxylic acids is 1.